The van der Waals surface area contributed by atoms with E-state index in [1.165, 1.54) is 25.1 Å². The lowest BCUT2D eigenvalue weighted by Crippen LogP contribution is -2.40. The Morgan fingerprint density at radius 2 is 1.76 bits per heavy atom. The summed E-state index contributed by atoms with van der Waals surface area (Å²) in [5.41, 5.74) is 12.7. The van der Waals surface area contributed by atoms with Gasteiger partial charge in [-0.2, -0.15) is 0 Å². The monoisotopic (exact) mass is 582 g/mol. The molecule has 0 spiro atoms. The molecule has 41 heavy (non-hydrogen) atoms. The number of halogens is 1. The van der Waals surface area contributed by atoms with E-state index >= 15 is 0 Å². The van der Waals surface area contributed by atoms with Gasteiger partial charge in [0.2, 0.25) is 5.91 Å². The van der Waals surface area contributed by atoms with Crippen LogP contribution in [0.3, 0.4) is 0 Å². The standard InChI is InChI=1S/C19H12O4.C9H17ClN4O2.CH2O/c20-11-5-7-14-17(9-11)23-18-10-12(21)6-8-15(18)19(14)13-3-1-2-4-16(13)22;1-6(15)14-7(8(16)5-10)3-2-4-13-9(11)12;1-2/h1-10,20,22H;7H,2-5H2,1H3,(H,14,15)(H4,11,12,13);1H2. The van der Waals surface area contributed by atoms with E-state index in [0.29, 0.717) is 36.3 Å². The van der Waals surface area contributed by atoms with E-state index in [1.807, 2.05) is 18.9 Å². The Hall–Kier alpha value is -4.90. The quantitative estimate of drug-likeness (QED) is 0.0680. The summed E-state index contributed by atoms with van der Waals surface area (Å²) >= 11 is 5.43. The van der Waals surface area contributed by atoms with Crippen molar-refractivity contribution in [2.24, 2.45) is 16.5 Å². The first kappa shape index (κ1) is 32.3. The Morgan fingerprint density at radius 1 is 1.05 bits per heavy atom. The van der Waals surface area contributed by atoms with Crippen LogP contribution in [-0.4, -0.2) is 53.1 Å². The van der Waals surface area contributed by atoms with Crippen LogP contribution < -0.4 is 22.2 Å². The highest BCUT2D eigenvalue weighted by Crippen LogP contribution is 2.43. The van der Waals surface area contributed by atoms with Gasteiger partial charge in [-0.25, -0.2) is 0 Å². The summed E-state index contributed by atoms with van der Waals surface area (Å²) < 4.78 is 5.77. The minimum atomic E-state index is -0.552. The summed E-state index contributed by atoms with van der Waals surface area (Å²) in [6.45, 7) is 3.78. The lowest BCUT2D eigenvalue weighted by atomic mass is 9.93. The largest absolute Gasteiger partial charge is 0.508 e. The molecular formula is C29H31ClN4O7. The number of ketones is 1. The third kappa shape index (κ3) is 9.07. The molecule has 4 rings (SSSR count). The Balaban J connectivity index is 0.000000290. The number of nitrogens with zero attached hydrogens (tertiary/aromatic N) is 1. The zero-order valence-corrected chi connectivity index (χ0v) is 23.1. The fraction of sp³-hybridized carbons (Fsp3) is 0.207. The second-order valence-electron chi connectivity index (χ2n) is 8.63. The molecule has 12 heteroatoms. The third-order valence-electron chi connectivity index (χ3n) is 5.69. The molecule has 0 saturated heterocycles. The first-order chi connectivity index (χ1) is 19.6. The van der Waals surface area contributed by atoms with Crippen molar-refractivity contribution in [3.05, 3.63) is 70.9 Å². The predicted molar refractivity (Wildman–Crippen MR) is 158 cm³/mol. The predicted octanol–water partition coefficient (Wildman–Crippen LogP) is 3.14. The Kier molecular flexibility index (Phi) is 12.3. The molecule has 0 fully saturated rings. The van der Waals surface area contributed by atoms with Crippen LogP contribution in [-0.2, 0) is 14.4 Å². The number of amides is 1. The molecule has 1 atom stereocenters. The average molecular weight is 583 g/mol. The highest BCUT2D eigenvalue weighted by atomic mass is 35.5. The molecule has 0 radical (unpaired) electrons. The smallest absolute Gasteiger partial charge is 0.217 e. The van der Waals surface area contributed by atoms with Crippen LogP contribution in [0.4, 0.5) is 0 Å². The molecule has 11 nitrogen and oxygen atoms in total. The Bertz CT molecular complexity index is 1550. The molecule has 7 N–H and O–H groups in total. The SMILES string of the molecule is C=O.CC(=O)NC(CCCN=C(N)N)C(=O)CCl.O=c1ccc2c(-c3ccccc3O)c3ccc(O)cc3oc-2c1. The number of aliphatic imine (C=N–C) groups is 1. The molecule has 0 saturated carbocycles. The van der Waals surface area contributed by atoms with E-state index in [-0.39, 0.29) is 40.5 Å². The van der Waals surface area contributed by atoms with Gasteiger partial charge in [0, 0.05) is 47.7 Å². The third-order valence-corrected chi connectivity index (χ3v) is 5.96. The van der Waals surface area contributed by atoms with Gasteiger partial charge in [0.15, 0.2) is 17.2 Å². The highest BCUT2D eigenvalue weighted by Gasteiger charge is 2.19. The van der Waals surface area contributed by atoms with E-state index in [1.54, 1.807) is 30.3 Å². The Labute approximate surface area is 240 Å². The van der Waals surface area contributed by atoms with Crippen molar-refractivity contribution in [3.63, 3.8) is 0 Å². The molecule has 1 heterocycles. The fourth-order valence-electron chi connectivity index (χ4n) is 3.99. The van der Waals surface area contributed by atoms with Gasteiger partial charge in [0.25, 0.3) is 0 Å². The summed E-state index contributed by atoms with van der Waals surface area (Å²) in [6.07, 6.45) is 1.08. The second kappa shape index (κ2) is 15.6. The summed E-state index contributed by atoms with van der Waals surface area (Å²) in [5.74, 6) is 0.0518. The number of carbonyl (C=O) groups excluding carboxylic acids is 3. The molecule has 1 aliphatic carbocycles. The molecule has 2 aromatic carbocycles. The zero-order valence-electron chi connectivity index (χ0n) is 22.3. The molecule has 0 bridgehead atoms. The maximum atomic E-state index is 11.6. The zero-order chi connectivity index (χ0) is 30.5. The molecule has 0 aromatic heterocycles. The summed E-state index contributed by atoms with van der Waals surface area (Å²) in [7, 11) is 0. The number of guanidine groups is 1. The van der Waals surface area contributed by atoms with E-state index in [9.17, 15) is 24.6 Å². The van der Waals surface area contributed by atoms with Crippen LogP contribution in [0, 0.1) is 0 Å². The van der Waals surface area contributed by atoms with Gasteiger partial charge in [0.05, 0.1) is 11.9 Å². The number of para-hydroxylation sites is 1. The van der Waals surface area contributed by atoms with Crippen molar-refractivity contribution in [3.8, 4) is 33.9 Å². The van der Waals surface area contributed by atoms with Crippen molar-refractivity contribution in [2.75, 3.05) is 12.4 Å². The number of fused-ring (bicyclic) bond motifs is 2. The number of aromatic hydroxyl groups is 2. The molecule has 1 amide bonds. The van der Waals surface area contributed by atoms with Crippen molar-refractivity contribution in [2.45, 2.75) is 25.8 Å². The number of phenolic OH excluding ortho intramolecular Hbond substituents is 2. The number of alkyl halides is 1. The normalized spacial score (nSPS) is 10.9. The number of nitrogens with one attached hydrogen (secondary N) is 1. The van der Waals surface area contributed by atoms with Gasteiger partial charge in [-0.3, -0.25) is 19.4 Å². The number of Topliss-reactive ketones (excluding diaryl/α,β-unsaturated/α-hetero) is 1. The molecule has 1 unspecified atom stereocenters. The maximum absolute atomic E-state index is 11.6. The first-order valence-electron chi connectivity index (χ1n) is 12.3. The van der Waals surface area contributed by atoms with Gasteiger partial charge < -0.3 is 36.2 Å². The van der Waals surface area contributed by atoms with Crippen molar-refractivity contribution < 1.29 is 29.0 Å². The number of rotatable bonds is 8. The van der Waals surface area contributed by atoms with Crippen LogP contribution in [0.5, 0.6) is 11.5 Å². The van der Waals surface area contributed by atoms with E-state index < -0.39 is 6.04 Å². The van der Waals surface area contributed by atoms with Gasteiger partial charge in [-0.1, -0.05) is 18.2 Å². The van der Waals surface area contributed by atoms with Gasteiger partial charge in [-0.05, 0) is 43.2 Å². The number of nitrogens with two attached hydrogens (primary N) is 2. The maximum Gasteiger partial charge on any atom is 0.217 e. The number of carbonyl (C=O) groups is 3. The molecular weight excluding hydrogens is 552 g/mol. The van der Waals surface area contributed by atoms with Crippen LogP contribution in [0.2, 0.25) is 0 Å². The Morgan fingerprint density at radius 3 is 2.39 bits per heavy atom. The van der Waals surface area contributed by atoms with E-state index in [4.69, 9.17) is 32.3 Å². The van der Waals surface area contributed by atoms with Gasteiger partial charge in [0.1, 0.15) is 29.6 Å². The van der Waals surface area contributed by atoms with E-state index in [0.717, 1.165) is 16.5 Å². The number of phenols is 2. The minimum absolute atomic E-state index is 0.0137. The first-order valence-corrected chi connectivity index (χ1v) is 12.8. The summed E-state index contributed by atoms with van der Waals surface area (Å²) in [4.78, 5) is 45.6. The lowest BCUT2D eigenvalue weighted by Gasteiger charge is -2.15. The van der Waals surface area contributed by atoms with Crippen molar-refractivity contribution in [1.82, 2.24) is 5.32 Å². The number of hydrogen-bond acceptors (Lipinski definition) is 8. The molecule has 1 aliphatic heterocycles. The van der Waals surface area contributed by atoms with E-state index in [2.05, 4.69) is 10.3 Å². The molecule has 216 valence electrons. The van der Waals surface area contributed by atoms with Crippen LogP contribution in [0.25, 0.3) is 33.4 Å². The topological polar surface area (TPSA) is 198 Å². The summed E-state index contributed by atoms with van der Waals surface area (Å²) in [6, 6.07) is 15.8. The number of hydrogen-bond donors (Lipinski definition) is 5. The van der Waals surface area contributed by atoms with Crippen LogP contribution in [0.1, 0.15) is 19.8 Å². The second-order valence-corrected chi connectivity index (χ2v) is 8.90. The highest BCUT2D eigenvalue weighted by molar-refractivity contribution is 6.28. The minimum Gasteiger partial charge on any atom is -0.508 e. The number of benzene rings is 3. The average Bonchev–Trinajstić information content (AvgIpc) is 2.94. The van der Waals surface area contributed by atoms with Crippen molar-refractivity contribution >= 4 is 47.0 Å². The van der Waals surface area contributed by atoms with Gasteiger partial charge in [-0.15, -0.1) is 11.6 Å². The lowest BCUT2D eigenvalue weighted by molar-refractivity contribution is -0.125. The van der Waals surface area contributed by atoms with Crippen LogP contribution in [0.15, 0.2) is 74.9 Å². The summed E-state index contributed by atoms with van der Waals surface area (Å²) in [5, 5.41) is 23.2. The molecule has 2 aromatic rings. The molecule has 2 aliphatic rings. The van der Waals surface area contributed by atoms with Crippen LogP contribution >= 0.6 is 11.6 Å². The fourth-order valence-corrected chi connectivity index (χ4v) is 4.18. The van der Waals surface area contributed by atoms with Crippen molar-refractivity contribution in [1.29, 1.82) is 0 Å². The van der Waals surface area contributed by atoms with Gasteiger partial charge >= 0.3 is 0 Å².